The summed E-state index contributed by atoms with van der Waals surface area (Å²) in [5, 5.41) is 0. The van der Waals surface area contributed by atoms with Gasteiger partial charge in [-0.2, -0.15) is 0 Å². The van der Waals surface area contributed by atoms with Crippen molar-refractivity contribution in [3.63, 3.8) is 0 Å². The summed E-state index contributed by atoms with van der Waals surface area (Å²) in [5.74, 6) is 0. The molecule has 2 fully saturated rings. The van der Waals surface area contributed by atoms with Gasteiger partial charge in [-0.15, -0.1) is 0 Å². The van der Waals surface area contributed by atoms with E-state index in [9.17, 15) is 0 Å². The molecule has 0 saturated heterocycles. The second kappa shape index (κ2) is 16.8. The van der Waals surface area contributed by atoms with E-state index in [1.165, 1.54) is 51.4 Å². The fourth-order valence-corrected chi connectivity index (χ4v) is 14.5. The van der Waals surface area contributed by atoms with Crippen molar-refractivity contribution in [3.8, 4) is 0 Å². The highest BCUT2D eigenvalue weighted by Crippen LogP contribution is 2.52. The fraction of sp³-hybridized carbons (Fsp3) is 1.00. The summed E-state index contributed by atoms with van der Waals surface area (Å²) in [5.41, 5.74) is 1.09. The summed E-state index contributed by atoms with van der Waals surface area (Å²) in [4.78, 5) is 0. The van der Waals surface area contributed by atoms with Crippen molar-refractivity contribution >= 4 is 17.6 Å². The third kappa shape index (κ3) is 9.32. The molecule has 0 heterocycles. The molecule has 0 unspecified atom stereocenters. The summed E-state index contributed by atoms with van der Waals surface area (Å²) in [6.45, 7) is 11.6. The van der Waals surface area contributed by atoms with Crippen LogP contribution >= 0.6 is 0 Å². The number of unbranched alkanes of at least 4 members (excludes halogenated alkanes) is 4. The molecule has 7 heteroatoms. The Morgan fingerprint density at radius 2 is 0.848 bits per heavy atom. The van der Waals surface area contributed by atoms with Gasteiger partial charge in [0.05, 0.1) is 0 Å². The first-order valence-electron chi connectivity index (χ1n) is 14.4. The second-order valence-electron chi connectivity index (χ2n) is 10.1. The predicted octanol–water partition coefficient (Wildman–Crippen LogP) is 8.04. The first kappa shape index (κ1) is 29.5. The Morgan fingerprint density at radius 1 is 0.515 bits per heavy atom. The lowest BCUT2D eigenvalue weighted by Crippen LogP contribution is -2.62. The van der Waals surface area contributed by atoms with Crippen molar-refractivity contribution < 1.29 is 21.8 Å². The van der Waals surface area contributed by atoms with E-state index in [0.717, 1.165) is 58.0 Å². The largest absolute Gasteiger partial charge is 0.670 e. The molecule has 0 N–H and O–H groups in total. The zero-order valence-corrected chi connectivity index (χ0v) is 24.3. The van der Waals surface area contributed by atoms with E-state index in [4.69, 9.17) is 21.8 Å². The number of hydrogen-bond donors (Lipinski definition) is 0. The summed E-state index contributed by atoms with van der Waals surface area (Å²) in [6, 6.07) is 0. The molecule has 2 aliphatic rings. The molecule has 196 valence electrons. The first-order chi connectivity index (χ1) is 16.2. The van der Waals surface area contributed by atoms with Crippen molar-refractivity contribution in [1.29, 1.82) is 0 Å². The van der Waals surface area contributed by atoms with E-state index in [1.807, 2.05) is 0 Å². The fourth-order valence-electron chi connectivity index (χ4n) is 5.23. The Morgan fingerprint density at radius 3 is 1.18 bits per heavy atom. The molecule has 2 aliphatic carbocycles. The lowest BCUT2D eigenvalue weighted by Gasteiger charge is -2.44. The van der Waals surface area contributed by atoms with Crippen LogP contribution in [0, 0.1) is 0 Å². The Hall–Kier alpha value is 0.234. The average Bonchev–Trinajstić information content (AvgIpc) is 3.54. The van der Waals surface area contributed by atoms with Gasteiger partial charge in [0.25, 0.3) is 0 Å². The minimum absolute atomic E-state index is 0.545. The van der Waals surface area contributed by atoms with E-state index < -0.39 is 17.6 Å². The first-order valence-corrected chi connectivity index (χ1v) is 18.0. The minimum Gasteiger partial charge on any atom is -0.394 e. The van der Waals surface area contributed by atoms with Crippen molar-refractivity contribution in [1.82, 2.24) is 0 Å². The lowest BCUT2D eigenvalue weighted by atomic mass is 10.3. The summed E-state index contributed by atoms with van der Waals surface area (Å²) >= 11 is 0. The molecule has 2 saturated carbocycles. The minimum atomic E-state index is -3.30. The summed E-state index contributed by atoms with van der Waals surface area (Å²) in [7, 11) is -5.90. The Kier molecular flexibility index (Phi) is 15.0. The molecule has 5 nitrogen and oxygen atoms in total. The van der Waals surface area contributed by atoms with Crippen LogP contribution in [0.2, 0.25) is 11.1 Å². The van der Waals surface area contributed by atoms with Crippen LogP contribution in [0.15, 0.2) is 0 Å². The zero-order valence-electron chi connectivity index (χ0n) is 22.3. The van der Waals surface area contributed by atoms with Crippen LogP contribution in [0.1, 0.15) is 130 Å². The Balaban J connectivity index is 2.38. The van der Waals surface area contributed by atoms with Gasteiger partial charge in [0.1, 0.15) is 0 Å². The Labute approximate surface area is 207 Å². The third-order valence-electron chi connectivity index (χ3n) is 7.29. The van der Waals surface area contributed by atoms with E-state index in [0.29, 0.717) is 30.9 Å². The van der Waals surface area contributed by atoms with Crippen LogP contribution in [0.5, 0.6) is 0 Å². The molecular weight excluding hydrogens is 448 g/mol. The molecule has 0 aromatic carbocycles. The van der Waals surface area contributed by atoms with E-state index in [1.54, 1.807) is 0 Å². The van der Waals surface area contributed by atoms with E-state index in [-0.39, 0.29) is 0 Å². The zero-order chi connectivity index (χ0) is 23.8. The number of hydrogen-bond acceptors (Lipinski definition) is 5. The van der Waals surface area contributed by atoms with Gasteiger partial charge in [-0.1, -0.05) is 79.1 Å². The van der Waals surface area contributed by atoms with Gasteiger partial charge in [-0.05, 0) is 51.4 Å². The quantitative estimate of drug-likeness (QED) is 0.124. The normalized spacial score (nSPS) is 18.5. The van der Waals surface area contributed by atoms with Crippen LogP contribution < -0.4 is 0 Å². The standard InChI is InChI=1S/C26H54O5Si2/c1-5-9-21-27-32(25-17-13-14-18-25,26-19-15-16-20-26)31-33(28-22-10-6-2,29-23-11-7-3)30-24-12-8-4/h25-26H,5-24H2,1-4H3. The Bertz CT molecular complexity index is 439. The average molecular weight is 503 g/mol. The van der Waals surface area contributed by atoms with Gasteiger partial charge in [-0.3, -0.25) is 0 Å². The molecule has 2 rings (SSSR count). The predicted molar refractivity (Wildman–Crippen MR) is 140 cm³/mol. The molecule has 0 atom stereocenters. The van der Waals surface area contributed by atoms with Gasteiger partial charge in [0.15, 0.2) is 0 Å². The third-order valence-corrected chi connectivity index (χ3v) is 15.3. The highest BCUT2D eigenvalue weighted by Gasteiger charge is 2.61. The van der Waals surface area contributed by atoms with Crippen molar-refractivity contribution in [2.45, 2.75) is 142 Å². The second-order valence-corrected chi connectivity index (χ2v) is 16.1. The summed E-state index contributed by atoms with van der Waals surface area (Å²) < 4.78 is 34.1. The van der Waals surface area contributed by atoms with Crippen molar-refractivity contribution in [2.24, 2.45) is 0 Å². The lowest BCUT2D eigenvalue weighted by molar-refractivity contribution is -0.0168. The molecule has 0 aromatic rings. The maximum absolute atomic E-state index is 7.37. The van der Waals surface area contributed by atoms with Crippen LogP contribution in [-0.2, 0) is 21.8 Å². The summed E-state index contributed by atoms with van der Waals surface area (Å²) in [6.07, 6.45) is 18.7. The highest BCUT2D eigenvalue weighted by atomic mass is 28.5. The molecule has 33 heavy (non-hydrogen) atoms. The molecular formula is C26H54O5Si2. The monoisotopic (exact) mass is 502 g/mol. The molecule has 0 bridgehead atoms. The van der Waals surface area contributed by atoms with E-state index >= 15 is 0 Å². The van der Waals surface area contributed by atoms with Crippen LogP contribution in [0.4, 0.5) is 0 Å². The maximum Gasteiger partial charge on any atom is 0.670 e. The topological polar surface area (TPSA) is 46.2 Å². The van der Waals surface area contributed by atoms with Crippen LogP contribution in [0.25, 0.3) is 0 Å². The molecule has 0 amide bonds. The molecule has 0 spiro atoms. The van der Waals surface area contributed by atoms with E-state index in [2.05, 4.69) is 27.7 Å². The molecule has 0 radical (unpaired) electrons. The maximum atomic E-state index is 7.37. The van der Waals surface area contributed by atoms with Gasteiger partial charge >= 0.3 is 17.6 Å². The van der Waals surface area contributed by atoms with Gasteiger partial charge < -0.3 is 21.8 Å². The van der Waals surface area contributed by atoms with Gasteiger partial charge in [-0.25, -0.2) is 0 Å². The SMILES string of the molecule is CCCCO[Si](OCCCC)(OCCCC)O[Si](OCCCC)(C1CCCC1)C1CCCC1. The number of rotatable bonds is 20. The van der Waals surface area contributed by atoms with Crippen LogP contribution in [0.3, 0.4) is 0 Å². The molecule has 0 aromatic heterocycles. The van der Waals surface area contributed by atoms with Crippen LogP contribution in [-0.4, -0.2) is 44.0 Å². The highest BCUT2D eigenvalue weighted by molar-refractivity contribution is 6.78. The smallest absolute Gasteiger partial charge is 0.394 e. The van der Waals surface area contributed by atoms with Gasteiger partial charge in [0, 0.05) is 37.5 Å². The molecule has 0 aliphatic heterocycles. The van der Waals surface area contributed by atoms with Gasteiger partial charge in [0.2, 0.25) is 0 Å². The van der Waals surface area contributed by atoms with Crippen molar-refractivity contribution in [2.75, 3.05) is 26.4 Å². The van der Waals surface area contributed by atoms with Crippen molar-refractivity contribution in [3.05, 3.63) is 0 Å².